The van der Waals surface area contributed by atoms with Crippen LogP contribution in [0.1, 0.15) is 36.0 Å². The third kappa shape index (κ3) is 3.62. The summed E-state index contributed by atoms with van der Waals surface area (Å²) < 4.78 is 0. The molecule has 4 rings (SSSR count). The molecule has 3 N–H and O–H groups in total. The molecule has 1 amide bonds. The number of anilines is 1. The lowest BCUT2D eigenvalue weighted by Crippen LogP contribution is -2.41. The third-order valence-corrected chi connectivity index (χ3v) is 4.81. The molecule has 0 aliphatic heterocycles. The standard InChI is InChI=1S/C18H19ClN6O/c19-18-24-15-14(20-10-21-15)16(25-18)22-12-7-4-8-13(9-12)23-17(26)11-5-2-1-3-6-11/h1-3,5-6,10,12-13H,4,7-9H2,(H,23,26)(H2,20,21,22,24,25). The molecule has 1 aliphatic carbocycles. The topological polar surface area (TPSA) is 95.6 Å². The zero-order valence-electron chi connectivity index (χ0n) is 14.1. The van der Waals surface area contributed by atoms with Crippen LogP contribution in [0.25, 0.3) is 11.2 Å². The zero-order valence-corrected chi connectivity index (χ0v) is 14.8. The second kappa shape index (κ2) is 7.29. The molecule has 134 valence electrons. The van der Waals surface area contributed by atoms with E-state index >= 15 is 0 Å². The number of aromatic amines is 1. The molecule has 0 radical (unpaired) electrons. The maximum absolute atomic E-state index is 12.4. The van der Waals surface area contributed by atoms with E-state index in [1.165, 1.54) is 0 Å². The molecule has 2 aromatic heterocycles. The molecular formula is C18H19ClN6O. The van der Waals surface area contributed by atoms with Crippen molar-refractivity contribution in [3.63, 3.8) is 0 Å². The lowest BCUT2D eigenvalue weighted by atomic mass is 9.90. The van der Waals surface area contributed by atoms with Gasteiger partial charge in [-0.3, -0.25) is 4.79 Å². The SMILES string of the molecule is O=C(NC1CCCC(Nc2nc(Cl)nc3[nH]cnc23)C1)c1ccccc1. The van der Waals surface area contributed by atoms with E-state index in [0.29, 0.717) is 22.5 Å². The highest BCUT2D eigenvalue weighted by molar-refractivity contribution is 6.28. The van der Waals surface area contributed by atoms with Crippen molar-refractivity contribution in [1.29, 1.82) is 0 Å². The number of benzene rings is 1. The minimum absolute atomic E-state index is 0.0315. The first-order chi connectivity index (χ1) is 12.7. The second-order valence-electron chi connectivity index (χ2n) is 6.49. The predicted molar refractivity (Wildman–Crippen MR) is 100 cm³/mol. The molecule has 1 saturated carbocycles. The van der Waals surface area contributed by atoms with Gasteiger partial charge in [0.15, 0.2) is 11.5 Å². The molecule has 8 heteroatoms. The van der Waals surface area contributed by atoms with Crippen LogP contribution < -0.4 is 10.6 Å². The highest BCUT2D eigenvalue weighted by atomic mass is 35.5. The summed E-state index contributed by atoms with van der Waals surface area (Å²) >= 11 is 6.00. The number of hydrogen-bond donors (Lipinski definition) is 3. The summed E-state index contributed by atoms with van der Waals surface area (Å²) in [4.78, 5) is 28.0. The number of aromatic nitrogens is 4. The largest absolute Gasteiger partial charge is 0.365 e. The molecule has 0 saturated heterocycles. The Kier molecular flexibility index (Phi) is 4.71. The van der Waals surface area contributed by atoms with Gasteiger partial charge in [0.2, 0.25) is 5.28 Å². The van der Waals surface area contributed by atoms with Gasteiger partial charge in [0, 0.05) is 17.6 Å². The maximum atomic E-state index is 12.4. The van der Waals surface area contributed by atoms with Crippen LogP contribution in [0.3, 0.4) is 0 Å². The first-order valence-corrected chi connectivity index (χ1v) is 9.06. The zero-order chi connectivity index (χ0) is 17.9. The molecular weight excluding hydrogens is 352 g/mol. The number of imidazole rings is 1. The molecule has 2 heterocycles. The number of fused-ring (bicyclic) bond motifs is 1. The predicted octanol–water partition coefficient (Wildman–Crippen LogP) is 3.16. The summed E-state index contributed by atoms with van der Waals surface area (Å²) in [5, 5.41) is 6.73. The van der Waals surface area contributed by atoms with Gasteiger partial charge >= 0.3 is 0 Å². The number of nitrogens with zero attached hydrogens (tertiary/aromatic N) is 3. The van der Waals surface area contributed by atoms with Gasteiger partial charge in [0.05, 0.1) is 6.33 Å². The molecule has 3 aromatic rings. The monoisotopic (exact) mass is 370 g/mol. The Morgan fingerprint density at radius 2 is 1.96 bits per heavy atom. The first kappa shape index (κ1) is 16.8. The highest BCUT2D eigenvalue weighted by Crippen LogP contribution is 2.25. The quantitative estimate of drug-likeness (QED) is 0.613. The Morgan fingerprint density at radius 1 is 1.15 bits per heavy atom. The number of nitrogens with one attached hydrogen (secondary N) is 3. The fourth-order valence-corrected chi connectivity index (χ4v) is 3.58. The Bertz CT molecular complexity index is 912. The van der Waals surface area contributed by atoms with Crippen molar-refractivity contribution in [3.8, 4) is 0 Å². The van der Waals surface area contributed by atoms with E-state index in [2.05, 4.69) is 30.6 Å². The number of H-pyrrole nitrogens is 1. The van der Waals surface area contributed by atoms with Crippen LogP contribution in [0.4, 0.5) is 5.82 Å². The van der Waals surface area contributed by atoms with Crippen LogP contribution in [0.15, 0.2) is 36.7 Å². The van der Waals surface area contributed by atoms with E-state index in [-0.39, 0.29) is 23.3 Å². The van der Waals surface area contributed by atoms with Crippen molar-refractivity contribution in [1.82, 2.24) is 25.3 Å². The van der Waals surface area contributed by atoms with Crippen LogP contribution in [-0.2, 0) is 0 Å². The Morgan fingerprint density at radius 3 is 2.81 bits per heavy atom. The highest BCUT2D eigenvalue weighted by Gasteiger charge is 2.25. The van der Waals surface area contributed by atoms with Gasteiger partial charge in [-0.2, -0.15) is 9.97 Å². The van der Waals surface area contributed by atoms with Crippen LogP contribution >= 0.6 is 11.6 Å². The Hall–Kier alpha value is -2.67. The number of amides is 1. The number of carbonyl (C=O) groups excluding carboxylic acids is 1. The third-order valence-electron chi connectivity index (χ3n) is 4.64. The van der Waals surface area contributed by atoms with E-state index in [1.54, 1.807) is 6.33 Å². The van der Waals surface area contributed by atoms with E-state index in [4.69, 9.17) is 11.6 Å². The molecule has 0 spiro atoms. The van der Waals surface area contributed by atoms with Gasteiger partial charge in [-0.05, 0) is 49.4 Å². The van der Waals surface area contributed by atoms with Crippen molar-refractivity contribution in [2.75, 3.05) is 5.32 Å². The van der Waals surface area contributed by atoms with Gasteiger partial charge in [-0.25, -0.2) is 4.98 Å². The molecule has 2 unspecified atom stereocenters. The van der Waals surface area contributed by atoms with Crippen LogP contribution in [0, 0.1) is 0 Å². The van der Waals surface area contributed by atoms with Crippen molar-refractivity contribution in [3.05, 3.63) is 47.5 Å². The van der Waals surface area contributed by atoms with Gasteiger partial charge in [0.1, 0.15) is 5.52 Å². The maximum Gasteiger partial charge on any atom is 0.251 e. The summed E-state index contributed by atoms with van der Waals surface area (Å²) in [7, 11) is 0. The van der Waals surface area contributed by atoms with Crippen molar-refractivity contribution >= 4 is 34.5 Å². The normalized spacial score (nSPS) is 20.0. The summed E-state index contributed by atoms with van der Waals surface area (Å²) in [5.74, 6) is 0.595. The average Bonchev–Trinajstić information content (AvgIpc) is 3.11. The molecule has 2 atom stereocenters. The molecule has 1 aromatic carbocycles. The Balaban J connectivity index is 1.43. The molecule has 1 fully saturated rings. The lowest BCUT2D eigenvalue weighted by molar-refractivity contribution is 0.0926. The molecule has 26 heavy (non-hydrogen) atoms. The summed E-state index contributed by atoms with van der Waals surface area (Å²) in [6.45, 7) is 0. The van der Waals surface area contributed by atoms with Gasteiger partial charge in [0.25, 0.3) is 5.91 Å². The van der Waals surface area contributed by atoms with E-state index in [0.717, 1.165) is 25.7 Å². The fraction of sp³-hybridized carbons (Fsp3) is 0.333. The number of halogens is 1. The number of carbonyl (C=O) groups is 1. The van der Waals surface area contributed by atoms with Crippen LogP contribution in [0.2, 0.25) is 5.28 Å². The summed E-state index contributed by atoms with van der Waals surface area (Å²) in [6, 6.07) is 9.61. The second-order valence-corrected chi connectivity index (χ2v) is 6.82. The molecule has 0 bridgehead atoms. The van der Waals surface area contributed by atoms with Crippen molar-refractivity contribution in [2.24, 2.45) is 0 Å². The smallest absolute Gasteiger partial charge is 0.251 e. The molecule has 7 nitrogen and oxygen atoms in total. The number of hydrogen-bond acceptors (Lipinski definition) is 5. The minimum atomic E-state index is -0.0315. The first-order valence-electron chi connectivity index (χ1n) is 8.68. The fourth-order valence-electron chi connectivity index (χ4n) is 3.41. The summed E-state index contributed by atoms with van der Waals surface area (Å²) in [6.07, 6.45) is 5.40. The minimum Gasteiger partial charge on any atom is -0.365 e. The van der Waals surface area contributed by atoms with Crippen molar-refractivity contribution < 1.29 is 4.79 Å². The van der Waals surface area contributed by atoms with Crippen LogP contribution in [-0.4, -0.2) is 37.9 Å². The van der Waals surface area contributed by atoms with Gasteiger partial charge in [-0.15, -0.1) is 0 Å². The van der Waals surface area contributed by atoms with E-state index < -0.39 is 0 Å². The van der Waals surface area contributed by atoms with E-state index in [1.807, 2.05) is 30.3 Å². The Labute approximate surface area is 155 Å². The lowest BCUT2D eigenvalue weighted by Gasteiger charge is -2.30. The molecule has 1 aliphatic rings. The van der Waals surface area contributed by atoms with E-state index in [9.17, 15) is 4.79 Å². The average molecular weight is 371 g/mol. The number of rotatable bonds is 4. The van der Waals surface area contributed by atoms with Gasteiger partial charge in [-0.1, -0.05) is 18.2 Å². The summed E-state index contributed by atoms with van der Waals surface area (Å²) in [5.41, 5.74) is 1.96. The van der Waals surface area contributed by atoms with Crippen molar-refractivity contribution in [2.45, 2.75) is 37.8 Å². The van der Waals surface area contributed by atoms with Gasteiger partial charge < -0.3 is 15.6 Å². The van der Waals surface area contributed by atoms with Crippen LogP contribution in [0.5, 0.6) is 0 Å².